The molecule has 2 aromatic carbocycles. The molecule has 0 aliphatic heterocycles. The molecule has 0 aliphatic carbocycles. The van der Waals surface area contributed by atoms with Crippen LogP contribution in [0.25, 0.3) is 0 Å². The number of benzene rings is 2. The van der Waals surface area contributed by atoms with Crippen LogP contribution in [-0.2, 0) is 0 Å². The molecule has 21 heavy (non-hydrogen) atoms. The highest BCUT2D eigenvalue weighted by Crippen LogP contribution is 2.32. The number of aromatic carboxylic acids is 1. The predicted octanol–water partition coefficient (Wildman–Crippen LogP) is 4.73. The molecule has 0 heterocycles. The number of carbonyl (C=O) groups is 1. The van der Waals surface area contributed by atoms with Crippen molar-refractivity contribution in [2.75, 3.05) is 0 Å². The molecule has 1 N–H and O–H groups in total. The van der Waals surface area contributed by atoms with Crippen LogP contribution in [0.5, 0.6) is 11.5 Å². The van der Waals surface area contributed by atoms with Gasteiger partial charge in [-0.05, 0) is 49.2 Å². The van der Waals surface area contributed by atoms with Gasteiger partial charge in [0.2, 0.25) is 0 Å². The fourth-order valence-electron chi connectivity index (χ4n) is 1.86. The highest BCUT2D eigenvalue weighted by Gasteiger charge is 2.17. The van der Waals surface area contributed by atoms with Gasteiger partial charge in [-0.1, -0.05) is 11.6 Å². The average molecular weight is 313 g/mol. The number of carboxylic acids is 1. The Morgan fingerprint density at radius 1 is 1.10 bits per heavy atom. The van der Waals surface area contributed by atoms with Crippen LogP contribution in [0.1, 0.15) is 21.5 Å². The third-order valence-electron chi connectivity index (χ3n) is 2.88. The van der Waals surface area contributed by atoms with Crippen molar-refractivity contribution in [2.45, 2.75) is 13.8 Å². The van der Waals surface area contributed by atoms with Gasteiger partial charge in [0.1, 0.15) is 5.75 Å². The molecule has 3 nitrogen and oxygen atoms in total. The summed E-state index contributed by atoms with van der Waals surface area (Å²) >= 11 is 6.00. The zero-order valence-corrected chi connectivity index (χ0v) is 12.0. The van der Waals surface area contributed by atoms with Crippen molar-refractivity contribution in [2.24, 2.45) is 0 Å². The van der Waals surface area contributed by atoms with E-state index in [1.807, 2.05) is 0 Å². The molecule has 0 fully saturated rings. The minimum Gasteiger partial charge on any atom is -0.478 e. The Kier molecular flexibility index (Phi) is 4.14. The van der Waals surface area contributed by atoms with Crippen molar-refractivity contribution < 1.29 is 23.4 Å². The summed E-state index contributed by atoms with van der Waals surface area (Å²) in [5, 5.41) is 9.27. The summed E-state index contributed by atoms with van der Waals surface area (Å²) in [7, 11) is 0. The topological polar surface area (TPSA) is 46.5 Å². The Labute approximate surface area is 124 Å². The largest absolute Gasteiger partial charge is 0.478 e. The SMILES string of the molecule is Cc1cc(Oc2c(F)cc(C(=O)O)cc2F)cc(C)c1Cl. The van der Waals surface area contributed by atoms with Gasteiger partial charge < -0.3 is 9.84 Å². The molecule has 0 spiro atoms. The van der Waals surface area contributed by atoms with E-state index < -0.39 is 28.9 Å². The second-order valence-electron chi connectivity index (χ2n) is 4.55. The summed E-state index contributed by atoms with van der Waals surface area (Å²) in [6, 6.07) is 4.49. The minimum absolute atomic E-state index is 0.218. The molecular formula is C15H11ClF2O3. The van der Waals surface area contributed by atoms with E-state index in [9.17, 15) is 13.6 Å². The Balaban J connectivity index is 2.43. The third kappa shape index (κ3) is 3.13. The van der Waals surface area contributed by atoms with Crippen molar-refractivity contribution in [3.05, 3.63) is 57.6 Å². The first-order valence-electron chi connectivity index (χ1n) is 5.96. The number of rotatable bonds is 3. The minimum atomic E-state index is -1.42. The first kappa shape index (κ1) is 15.3. The molecule has 6 heteroatoms. The van der Waals surface area contributed by atoms with Gasteiger partial charge in [0.15, 0.2) is 17.4 Å². The molecule has 0 amide bonds. The lowest BCUT2D eigenvalue weighted by atomic mass is 10.1. The average Bonchev–Trinajstić information content (AvgIpc) is 2.39. The quantitative estimate of drug-likeness (QED) is 0.891. The van der Waals surface area contributed by atoms with E-state index in [1.54, 1.807) is 26.0 Å². The number of hydrogen-bond acceptors (Lipinski definition) is 2. The number of hydrogen-bond donors (Lipinski definition) is 1. The van der Waals surface area contributed by atoms with Crippen LogP contribution in [-0.4, -0.2) is 11.1 Å². The zero-order chi connectivity index (χ0) is 15.7. The van der Waals surface area contributed by atoms with Gasteiger partial charge in [0.25, 0.3) is 0 Å². The van der Waals surface area contributed by atoms with Gasteiger partial charge in [-0.2, -0.15) is 0 Å². The lowest BCUT2D eigenvalue weighted by molar-refractivity contribution is 0.0695. The second kappa shape index (κ2) is 5.69. The summed E-state index contributed by atoms with van der Waals surface area (Å²) in [5.74, 6) is -4.02. The number of ether oxygens (including phenoxy) is 1. The third-order valence-corrected chi connectivity index (χ3v) is 3.47. The Morgan fingerprint density at radius 3 is 2.00 bits per heavy atom. The van der Waals surface area contributed by atoms with E-state index in [2.05, 4.69) is 0 Å². The monoisotopic (exact) mass is 312 g/mol. The smallest absolute Gasteiger partial charge is 0.335 e. The number of halogens is 3. The van der Waals surface area contributed by atoms with Crippen molar-refractivity contribution in [3.8, 4) is 11.5 Å². The molecule has 0 aliphatic rings. The zero-order valence-electron chi connectivity index (χ0n) is 11.2. The number of carboxylic acid groups (broad SMARTS) is 1. The normalized spacial score (nSPS) is 10.5. The summed E-state index contributed by atoms with van der Waals surface area (Å²) in [4.78, 5) is 10.7. The molecule has 2 rings (SSSR count). The Morgan fingerprint density at radius 2 is 1.57 bits per heavy atom. The molecule has 0 bridgehead atoms. The highest BCUT2D eigenvalue weighted by molar-refractivity contribution is 6.32. The highest BCUT2D eigenvalue weighted by atomic mass is 35.5. The first-order valence-corrected chi connectivity index (χ1v) is 6.34. The van der Waals surface area contributed by atoms with Crippen molar-refractivity contribution in [1.82, 2.24) is 0 Å². The van der Waals surface area contributed by atoms with Crippen LogP contribution in [0, 0.1) is 25.5 Å². The molecule has 0 unspecified atom stereocenters. The van der Waals surface area contributed by atoms with Crippen molar-refractivity contribution in [1.29, 1.82) is 0 Å². The van der Waals surface area contributed by atoms with E-state index in [0.29, 0.717) is 28.3 Å². The molecule has 0 radical (unpaired) electrons. The maximum atomic E-state index is 13.8. The van der Waals surface area contributed by atoms with Crippen LogP contribution in [0.15, 0.2) is 24.3 Å². The summed E-state index contributed by atoms with van der Waals surface area (Å²) in [6.07, 6.45) is 0. The second-order valence-corrected chi connectivity index (χ2v) is 4.93. The van der Waals surface area contributed by atoms with E-state index in [0.717, 1.165) is 0 Å². The summed E-state index contributed by atoms with van der Waals surface area (Å²) < 4.78 is 32.8. The van der Waals surface area contributed by atoms with Gasteiger partial charge in [0.05, 0.1) is 5.56 Å². The van der Waals surface area contributed by atoms with Crippen LogP contribution < -0.4 is 4.74 Å². The van der Waals surface area contributed by atoms with Gasteiger partial charge in [-0.15, -0.1) is 0 Å². The predicted molar refractivity (Wildman–Crippen MR) is 74.3 cm³/mol. The Hall–Kier alpha value is -2.14. The maximum Gasteiger partial charge on any atom is 0.335 e. The van der Waals surface area contributed by atoms with E-state index >= 15 is 0 Å². The molecule has 0 saturated heterocycles. The molecule has 0 aromatic heterocycles. The van der Waals surface area contributed by atoms with Gasteiger partial charge >= 0.3 is 5.97 Å². The van der Waals surface area contributed by atoms with Crippen LogP contribution >= 0.6 is 11.6 Å². The fourth-order valence-corrected chi connectivity index (χ4v) is 1.97. The summed E-state index contributed by atoms with van der Waals surface area (Å²) in [6.45, 7) is 3.48. The van der Waals surface area contributed by atoms with Crippen LogP contribution in [0.2, 0.25) is 5.02 Å². The van der Waals surface area contributed by atoms with Gasteiger partial charge in [0, 0.05) is 5.02 Å². The molecule has 2 aromatic rings. The van der Waals surface area contributed by atoms with Gasteiger partial charge in [-0.3, -0.25) is 0 Å². The maximum absolute atomic E-state index is 13.8. The standard InChI is InChI=1S/C15H11ClF2O3/c1-7-3-10(4-8(2)13(7)16)21-14-11(17)5-9(15(19)20)6-12(14)18/h3-6H,1-2H3,(H,19,20). The van der Waals surface area contributed by atoms with Crippen LogP contribution in [0.3, 0.4) is 0 Å². The molecule has 0 saturated carbocycles. The van der Waals surface area contributed by atoms with E-state index in [4.69, 9.17) is 21.4 Å². The molecule has 0 atom stereocenters. The van der Waals surface area contributed by atoms with Crippen molar-refractivity contribution in [3.63, 3.8) is 0 Å². The molecular weight excluding hydrogens is 302 g/mol. The van der Waals surface area contributed by atoms with Crippen molar-refractivity contribution >= 4 is 17.6 Å². The summed E-state index contributed by atoms with van der Waals surface area (Å²) in [5.41, 5.74) is 0.921. The van der Waals surface area contributed by atoms with Crippen LogP contribution in [0.4, 0.5) is 8.78 Å². The Bertz CT molecular complexity index is 683. The fraction of sp³-hybridized carbons (Fsp3) is 0.133. The van der Waals surface area contributed by atoms with E-state index in [1.165, 1.54) is 0 Å². The number of aryl methyl sites for hydroxylation is 2. The lowest BCUT2D eigenvalue weighted by Crippen LogP contribution is -2.01. The van der Waals surface area contributed by atoms with E-state index in [-0.39, 0.29) is 5.75 Å². The molecule has 110 valence electrons. The first-order chi connectivity index (χ1) is 9.79. The lowest BCUT2D eigenvalue weighted by Gasteiger charge is -2.11. The van der Waals surface area contributed by atoms with Gasteiger partial charge in [-0.25, -0.2) is 13.6 Å².